The van der Waals surface area contributed by atoms with Crippen LogP contribution in [0.3, 0.4) is 0 Å². The Hall–Kier alpha value is -2.39. The minimum absolute atomic E-state index is 0.114. The zero-order valence-electron chi connectivity index (χ0n) is 22.0. The Kier molecular flexibility index (Phi) is 10.5. The lowest BCUT2D eigenvalue weighted by Gasteiger charge is -2.32. The fourth-order valence-electron chi connectivity index (χ4n) is 3.74. The van der Waals surface area contributed by atoms with E-state index in [9.17, 15) is 18.0 Å². The van der Waals surface area contributed by atoms with Gasteiger partial charge < -0.3 is 10.2 Å². The van der Waals surface area contributed by atoms with Gasteiger partial charge in [0.2, 0.25) is 21.8 Å². The van der Waals surface area contributed by atoms with Crippen LogP contribution in [0.15, 0.2) is 53.0 Å². The minimum Gasteiger partial charge on any atom is -0.350 e. The average molecular weight is 581 g/mol. The van der Waals surface area contributed by atoms with Gasteiger partial charge in [0.25, 0.3) is 0 Å². The third-order valence-corrected chi connectivity index (χ3v) is 7.44. The molecule has 0 radical (unpaired) electrons. The van der Waals surface area contributed by atoms with Gasteiger partial charge in [-0.05, 0) is 75.9 Å². The van der Waals surface area contributed by atoms with Crippen LogP contribution in [-0.4, -0.2) is 49.5 Å². The number of anilines is 1. The second-order valence-corrected chi connectivity index (χ2v) is 12.8. The van der Waals surface area contributed by atoms with Crippen molar-refractivity contribution in [3.8, 4) is 0 Å². The van der Waals surface area contributed by atoms with E-state index in [0.717, 1.165) is 22.0 Å². The molecule has 2 amide bonds. The van der Waals surface area contributed by atoms with E-state index in [1.54, 1.807) is 24.0 Å². The van der Waals surface area contributed by atoms with Crippen molar-refractivity contribution < 1.29 is 18.0 Å². The molecule has 7 nitrogen and oxygen atoms in total. The SMILES string of the molecule is CCc1ccc(N(CCCC(=O)N(Cc2ccc(Br)cc2)C(C)C(=O)NC(C)(C)C)S(C)(=O)=O)cc1. The average Bonchev–Trinajstić information content (AvgIpc) is 2.79. The number of sulfonamides is 1. The van der Waals surface area contributed by atoms with Gasteiger partial charge >= 0.3 is 0 Å². The van der Waals surface area contributed by atoms with Crippen LogP contribution in [0.25, 0.3) is 0 Å². The second-order valence-electron chi connectivity index (χ2n) is 10.0. The van der Waals surface area contributed by atoms with E-state index in [0.29, 0.717) is 12.1 Å². The van der Waals surface area contributed by atoms with Gasteiger partial charge in [-0.1, -0.05) is 47.1 Å². The molecule has 1 unspecified atom stereocenters. The quantitative estimate of drug-likeness (QED) is 0.410. The molecule has 2 rings (SSSR count). The molecular formula is C27H38BrN3O4S. The summed E-state index contributed by atoms with van der Waals surface area (Å²) in [6.45, 7) is 9.89. The molecular weight excluding hydrogens is 542 g/mol. The van der Waals surface area contributed by atoms with Gasteiger partial charge in [-0.2, -0.15) is 0 Å². The maximum atomic E-state index is 13.3. The molecule has 0 saturated carbocycles. The molecule has 198 valence electrons. The molecule has 2 aromatic carbocycles. The summed E-state index contributed by atoms with van der Waals surface area (Å²) in [6.07, 6.45) is 2.47. The van der Waals surface area contributed by atoms with Gasteiger partial charge in [-0.25, -0.2) is 8.42 Å². The summed E-state index contributed by atoms with van der Waals surface area (Å²) in [5.74, 6) is -0.439. The van der Waals surface area contributed by atoms with Crippen molar-refractivity contribution in [3.05, 3.63) is 64.1 Å². The number of carbonyl (C=O) groups is 2. The summed E-state index contributed by atoms with van der Waals surface area (Å²) in [7, 11) is -3.52. The van der Waals surface area contributed by atoms with E-state index in [2.05, 4.69) is 21.2 Å². The third kappa shape index (κ3) is 9.24. The van der Waals surface area contributed by atoms with E-state index in [4.69, 9.17) is 0 Å². The maximum absolute atomic E-state index is 13.3. The van der Waals surface area contributed by atoms with E-state index < -0.39 is 21.6 Å². The summed E-state index contributed by atoms with van der Waals surface area (Å²) < 4.78 is 27.2. The predicted molar refractivity (Wildman–Crippen MR) is 149 cm³/mol. The molecule has 0 aliphatic rings. The highest BCUT2D eigenvalue weighted by Gasteiger charge is 2.28. The molecule has 0 heterocycles. The number of nitrogens with one attached hydrogen (secondary N) is 1. The molecule has 0 bridgehead atoms. The van der Waals surface area contributed by atoms with Crippen LogP contribution in [0.1, 0.15) is 58.6 Å². The highest BCUT2D eigenvalue weighted by Crippen LogP contribution is 2.21. The largest absolute Gasteiger partial charge is 0.350 e. The normalized spacial score (nSPS) is 12.6. The Balaban J connectivity index is 2.17. The number of aryl methyl sites for hydroxylation is 1. The highest BCUT2D eigenvalue weighted by molar-refractivity contribution is 9.10. The van der Waals surface area contributed by atoms with Crippen LogP contribution in [0.2, 0.25) is 0 Å². The maximum Gasteiger partial charge on any atom is 0.242 e. The van der Waals surface area contributed by atoms with Crippen molar-refractivity contribution in [2.24, 2.45) is 0 Å². The number of hydrogen-bond acceptors (Lipinski definition) is 4. The lowest BCUT2D eigenvalue weighted by Crippen LogP contribution is -2.52. The van der Waals surface area contributed by atoms with Gasteiger partial charge in [0.05, 0.1) is 11.9 Å². The fourth-order valence-corrected chi connectivity index (χ4v) is 4.97. The summed E-state index contributed by atoms with van der Waals surface area (Å²) in [5, 5.41) is 2.95. The molecule has 9 heteroatoms. The number of carbonyl (C=O) groups excluding carboxylic acids is 2. The number of halogens is 1. The van der Waals surface area contributed by atoms with Crippen molar-refractivity contribution in [1.82, 2.24) is 10.2 Å². The van der Waals surface area contributed by atoms with Crippen LogP contribution in [0, 0.1) is 0 Å². The van der Waals surface area contributed by atoms with E-state index >= 15 is 0 Å². The molecule has 1 N–H and O–H groups in total. The van der Waals surface area contributed by atoms with Crippen LogP contribution in [-0.2, 0) is 32.6 Å². The van der Waals surface area contributed by atoms with Crippen molar-refractivity contribution in [2.75, 3.05) is 17.1 Å². The second kappa shape index (κ2) is 12.7. The first-order valence-electron chi connectivity index (χ1n) is 12.1. The minimum atomic E-state index is -3.52. The molecule has 0 aliphatic heterocycles. The van der Waals surface area contributed by atoms with Crippen LogP contribution < -0.4 is 9.62 Å². The Morgan fingerprint density at radius 3 is 2.06 bits per heavy atom. The summed E-state index contributed by atoms with van der Waals surface area (Å²) >= 11 is 3.42. The number of hydrogen-bond donors (Lipinski definition) is 1. The molecule has 2 aromatic rings. The molecule has 0 aliphatic carbocycles. The Bertz CT molecular complexity index is 1130. The topological polar surface area (TPSA) is 86.8 Å². The number of rotatable bonds is 11. The van der Waals surface area contributed by atoms with Gasteiger partial charge in [0.1, 0.15) is 6.04 Å². The van der Waals surface area contributed by atoms with Crippen molar-refractivity contribution >= 4 is 43.5 Å². The van der Waals surface area contributed by atoms with Crippen LogP contribution >= 0.6 is 15.9 Å². The molecule has 0 aromatic heterocycles. The van der Waals surface area contributed by atoms with Crippen LogP contribution in [0.5, 0.6) is 0 Å². The lowest BCUT2D eigenvalue weighted by molar-refractivity contribution is -0.141. The standard InChI is InChI=1S/C27H38BrN3O4S/c1-7-21-12-16-24(17-13-21)31(36(6,34)35)18-8-9-25(32)30(19-22-10-14-23(28)15-11-22)20(2)26(33)29-27(3,4)5/h10-17,20H,7-9,18-19H2,1-6H3,(H,29,33). The van der Waals surface area contributed by atoms with Gasteiger partial charge in [-0.3, -0.25) is 13.9 Å². The Morgan fingerprint density at radius 1 is 1.00 bits per heavy atom. The first-order chi connectivity index (χ1) is 16.7. The number of amides is 2. The fraction of sp³-hybridized carbons (Fsp3) is 0.481. The molecule has 0 saturated heterocycles. The first-order valence-corrected chi connectivity index (χ1v) is 14.8. The third-order valence-electron chi connectivity index (χ3n) is 5.72. The Labute approximate surface area is 224 Å². The molecule has 0 fully saturated rings. The first kappa shape index (κ1) is 29.8. The Morgan fingerprint density at radius 2 is 1.56 bits per heavy atom. The zero-order chi connectivity index (χ0) is 27.1. The summed E-state index contributed by atoms with van der Waals surface area (Å²) in [6, 6.07) is 14.3. The van der Waals surface area contributed by atoms with Crippen molar-refractivity contribution in [1.29, 1.82) is 0 Å². The van der Waals surface area contributed by atoms with Crippen molar-refractivity contribution in [3.63, 3.8) is 0 Å². The van der Waals surface area contributed by atoms with E-state index in [1.165, 1.54) is 10.6 Å². The number of nitrogens with zero attached hydrogens (tertiary/aromatic N) is 2. The van der Waals surface area contributed by atoms with Gasteiger partial charge in [-0.15, -0.1) is 0 Å². The van der Waals surface area contributed by atoms with E-state index in [-0.39, 0.29) is 31.3 Å². The monoisotopic (exact) mass is 579 g/mol. The highest BCUT2D eigenvalue weighted by atomic mass is 79.9. The summed E-state index contributed by atoms with van der Waals surface area (Å²) in [5.41, 5.74) is 2.16. The van der Waals surface area contributed by atoms with Crippen LogP contribution in [0.4, 0.5) is 5.69 Å². The molecule has 36 heavy (non-hydrogen) atoms. The molecule has 0 spiro atoms. The van der Waals surface area contributed by atoms with Crippen molar-refractivity contribution in [2.45, 2.75) is 72.0 Å². The zero-order valence-corrected chi connectivity index (χ0v) is 24.4. The number of benzene rings is 2. The smallest absolute Gasteiger partial charge is 0.242 e. The van der Waals surface area contributed by atoms with Gasteiger partial charge in [0, 0.05) is 29.5 Å². The lowest BCUT2D eigenvalue weighted by atomic mass is 10.1. The predicted octanol–water partition coefficient (Wildman–Crippen LogP) is 4.89. The summed E-state index contributed by atoms with van der Waals surface area (Å²) in [4.78, 5) is 27.8. The molecule has 1 atom stereocenters. The van der Waals surface area contributed by atoms with E-state index in [1.807, 2.05) is 64.1 Å². The van der Waals surface area contributed by atoms with Gasteiger partial charge in [0.15, 0.2) is 0 Å².